The highest BCUT2D eigenvalue weighted by Gasteiger charge is 2.47. The van der Waals surface area contributed by atoms with Gasteiger partial charge >= 0.3 is 0 Å². The molecule has 2 fully saturated rings. The van der Waals surface area contributed by atoms with Gasteiger partial charge in [-0.05, 0) is 61.1 Å². The number of anilines is 1. The number of rotatable bonds is 7. The van der Waals surface area contributed by atoms with Crippen LogP contribution in [-0.2, 0) is 0 Å². The summed E-state index contributed by atoms with van der Waals surface area (Å²) in [5.41, 5.74) is -0.0119. The first-order valence-corrected chi connectivity index (χ1v) is 12.9. The fourth-order valence-electron chi connectivity index (χ4n) is 6.78. The Morgan fingerprint density at radius 3 is 2.42 bits per heavy atom. The molecule has 0 saturated heterocycles. The minimum atomic E-state index is -1.26. The summed E-state index contributed by atoms with van der Waals surface area (Å²) in [7, 11) is 1.38. The van der Waals surface area contributed by atoms with Gasteiger partial charge in [0.25, 0.3) is 0 Å². The van der Waals surface area contributed by atoms with Crippen molar-refractivity contribution in [2.45, 2.75) is 58.4 Å². The number of ether oxygens (including phenoxy) is 1. The minimum Gasteiger partial charge on any atom is -0.507 e. The molecule has 1 aromatic carbocycles. The molecule has 3 atom stereocenters. The molecule has 2 saturated carbocycles. The van der Waals surface area contributed by atoms with Gasteiger partial charge in [-0.1, -0.05) is 20.3 Å². The van der Waals surface area contributed by atoms with Crippen molar-refractivity contribution in [3.8, 4) is 34.0 Å². The molecule has 202 valence electrons. The maximum absolute atomic E-state index is 15.2. The van der Waals surface area contributed by atoms with Gasteiger partial charge in [0.15, 0.2) is 17.5 Å². The van der Waals surface area contributed by atoms with E-state index < -0.39 is 29.6 Å². The van der Waals surface area contributed by atoms with Gasteiger partial charge < -0.3 is 14.7 Å². The van der Waals surface area contributed by atoms with Gasteiger partial charge in [0, 0.05) is 29.8 Å². The van der Waals surface area contributed by atoms with Crippen LogP contribution in [-0.4, -0.2) is 51.9 Å². The molecule has 0 aliphatic heterocycles. The van der Waals surface area contributed by atoms with Gasteiger partial charge in [0.05, 0.1) is 24.6 Å². The first-order chi connectivity index (χ1) is 18.1. The number of alkyl halides is 1. The van der Waals surface area contributed by atoms with Crippen LogP contribution < -0.4 is 9.64 Å². The molecule has 2 aliphatic rings. The van der Waals surface area contributed by atoms with Gasteiger partial charge in [-0.3, -0.25) is 0 Å². The van der Waals surface area contributed by atoms with Crippen LogP contribution in [0.2, 0.25) is 0 Å². The van der Waals surface area contributed by atoms with Crippen LogP contribution >= 0.6 is 0 Å². The summed E-state index contributed by atoms with van der Waals surface area (Å²) in [6.07, 6.45) is 7.85. The largest absolute Gasteiger partial charge is 0.507 e. The first-order valence-electron chi connectivity index (χ1n) is 12.9. The standard InChI is InChI=1S/C28H32F3N5O2/c1-27-7-4-8-28(2,16-27)14-18(13-27)36(10-9-29)22-6-5-20(33-34-22)24-21(37)12-19(25(30)26(24)31)17-11-23(38-3)35-32-15-17/h5-6,11-12,15,18,37H,4,7-10,13-14,16H2,1-3H3/t18-,27-,28+. The van der Waals surface area contributed by atoms with E-state index >= 15 is 8.78 Å². The Hall–Kier alpha value is -3.43. The molecule has 7 nitrogen and oxygen atoms in total. The molecule has 0 spiro atoms. The van der Waals surface area contributed by atoms with Crippen molar-refractivity contribution < 1.29 is 23.0 Å². The molecule has 0 radical (unpaired) electrons. The Kier molecular flexibility index (Phi) is 6.92. The van der Waals surface area contributed by atoms with Crippen LogP contribution in [0.15, 0.2) is 30.5 Å². The van der Waals surface area contributed by atoms with Gasteiger partial charge in [-0.25, -0.2) is 13.2 Å². The van der Waals surface area contributed by atoms with Crippen LogP contribution in [0.5, 0.6) is 11.6 Å². The Morgan fingerprint density at radius 1 is 1.05 bits per heavy atom. The Bertz CT molecular complexity index is 1310. The number of methoxy groups -OCH3 is 1. The third-order valence-electron chi connectivity index (χ3n) is 8.18. The fourth-order valence-corrected chi connectivity index (χ4v) is 6.78. The summed E-state index contributed by atoms with van der Waals surface area (Å²) >= 11 is 0. The molecule has 1 N–H and O–H groups in total. The lowest BCUT2D eigenvalue weighted by atomic mass is 9.55. The van der Waals surface area contributed by atoms with Crippen molar-refractivity contribution in [2.24, 2.45) is 10.8 Å². The highest BCUT2D eigenvalue weighted by atomic mass is 19.2. The summed E-state index contributed by atoms with van der Waals surface area (Å²) in [6.45, 7) is 4.28. The van der Waals surface area contributed by atoms with Crippen molar-refractivity contribution in [3.05, 3.63) is 42.1 Å². The van der Waals surface area contributed by atoms with E-state index in [9.17, 15) is 9.50 Å². The van der Waals surface area contributed by atoms with E-state index in [4.69, 9.17) is 4.74 Å². The van der Waals surface area contributed by atoms with E-state index in [2.05, 4.69) is 34.2 Å². The van der Waals surface area contributed by atoms with E-state index in [1.165, 1.54) is 38.3 Å². The third kappa shape index (κ3) is 4.88. The topological polar surface area (TPSA) is 84.3 Å². The Morgan fingerprint density at radius 2 is 1.79 bits per heavy atom. The molecule has 5 rings (SSSR count). The van der Waals surface area contributed by atoms with Crippen molar-refractivity contribution in [3.63, 3.8) is 0 Å². The summed E-state index contributed by atoms with van der Waals surface area (Å²) in [5, 5.41) is 26.5. The number of nitrogens with zero attached hydrogens (tertiary/aromatic N) is 5. The van der Waals surface area contributed by atoms with Crippen molar-refractivity contribution in [1.82, 2.24) is 20.4 Å². The number of benzene rings is 1. The minimum absolute atomic E-state index is 0.0285. The van der Waals surface area contributed by atoms with Crippen molar-refractivity contribution in [1.29, 1.82) is 0 Å². The molecule has 10 heteroatoms. The van der Waals surface area contributed by atoms with Gasteiger partial charge in [-0.15, -0.1) is 15.3 Å². The predicted molar refractivity (Wildman–Crippen MR) is 138 cm³/mol. The first kappa shape index (κ1) is 26.2. The number of hydrogen-bond acceptors (Lipinski definition) is 7. The van der Waals surface area contributed by atoms with Crippen LogP contribution in [0.3, 0.4) is 0 Å². The number of phenolic OH excluding ortho intramolecular Hbond substituents is 1. The molecule has 0 amide bonds. The van der Waals surface area contributed by atoms with Gasteiger partial charge in [0.1, 0.15) is 12.4 Å². The number of phenols is 1. The molecule has 2 aliphatic carbocycles. The Balaban J connectivity index is 1.45. The van der Waals surface area contributed by atoms with Gasteiger partial charge in [0.2, 0.25) is 5.88 Å². The summed E-state index contributed by atoms with van der Waals surface area (Å²) < 4.78 is 49.0. The molecule has 38 heavy (non-hydrogen) atoms. The fraction of sp³-hybridized carbons (Fsp3) is 0.500. The summed E-state index contributed by atoms with van der Waals surface area (Å²) in [5.74, 6) is -2.34. The molecular formula is C28H32F3N5O2. The van der Waals surface area contributed by atoms with E-state index in [1.807, 2.05) is 4.90 Å². The highest BCUT2D eigenvalue weighted by Crippen LogP contribution is 2.56. The van der Waals surface area contributed by atoms with Crippen LogP contribution in [0.25, 0.3) is 22.4 Å². The monoisotopic (exact) mass is 527 g/mol. The van der Waals surface area contributed by atoms with E-state index in [-0.39, 0.29) is 46.1 Å². The lowest BCUT2D eigenvalue weighted by Gasteiger charge is -2.54. The summed E-state index contributed by atoms with van der Waals surface area (Å²) in [6, 6.07) is 5.72. The number of hydrogen-bond donors (Lipinski definition) is 1. The van der Waals surface area contributed by atoms with Gasteiger partial charge in [-0.2, -0.15) is 5.10 Å². The zero-order valence-electron chi connectivity index (χ0n) is 21.8. The second kappa shape index (κ2) is 10.0. The number of fused-ring (bicyclic) bond motifs is 2. The Labute approximate surface area is 220 Å². The maximum atomic E-state index is 15.2. The molecular weight excluding hydrogens is 495 g/mol. The number of aromatic hydroxyl groups is 1. The molecule has 0 unspecified atom stereocenters. The summed E-state index contributed by atoms with van der Waals surface area (Å²) in [4.78, 5) is 1.96. The third-order valence-corrected chi connectivity index (χ3v) is 8.18. The normalized spacial score (nSPS) is 24.7. The van der Waals surface area contributed by atoms with E-state index in [0.29, 0.717) is 5.82 Å². The quantitative estimate of drug-likeness (QED) is 0.396. The van der Waals surface area contributed by atoms with Crippen LogP contribution in [0, 0.1) is 22.5 Å². The predicted octanol–water partition coefficient (Wildman–Crippen LogP) is 6.12. The molecule has 3 aromatic rings. The van der Waals surface area contributed by atoms with Crippen LogP contribution in [0.4, 0.5) is 19.0 Å². The average molecular weight is 528 g/mol. The SMILES string of the molecule is COc1cc(-c2cc(O)c(-c3ccc(N(CCF)[C@H]4C[C@]5(C)CCC[C@](C)(C4)C5)nn3)c(F)c2F)cnn1. The van der Waals surface area contributed by atoms with E-state index in [1.54, 1.807) is 6.07 Å². The molecule has 2 heterocycles. The zero-order valence-corrected chi connectivity index (χ0v) is 21.8. The second-order valence-corrected chi connectivity index (χ2v) is 11.3. The van der Waals surface area contributed by atoms with Crippen molar-refractivity contribution in [2.75, 3.05) is 25.2 Å². The van der Waals surface area contributed by atoms with Crippen molar-refractivity contribution >= 4 is 5.82 Å². The molecule has 2 bridgehead atoms. The maximum Gasteiger partial charge on any atom is 0.233 e. The smallest absolute Gasteiger partial charge is 0.233 e. The lowest BCUT2D eigenvalue weighted by molar-refractivity contribution is 0.0128. The lowest BCUT2D eigenvalue weighted by Crippen LogP contribution is -2.50. The second-order valence-electron chi connectivity index (χ2n) is 11.3. The number of aromatic nitrogens is 4. The average Bonchev–Trinajstić information content (AvgIpc) is 2.88. The zero-order chi connectivity index (χ0) is 27.1. The molecule has 2 aromatic heterocycles. The van der Waals surface area contributed by atoms with E-state index in [0.717, 1.165) is 31.7 Å². The highest BCUT2D eigenvalue weighted by molar-refractivity contribution is 5.75. The van der Waals surface area contributed by atoms with Crippen LogP contribution in [0.1, 0.15) is 52.4 Å². The number of halogens is 3.